The van der Waals surface area contributed by atoms with Gasteiger partial charge in [0.1, 0.15) is 17.3 Å². The second-order valence-electron chi connectivity index (χ2n) is 13.1. The highest BCUT2D eigenvalue weighted by Gasteiger charge is 2.22. The Kier molecular flexibility index (Phi) is 6.96. The molecule has 0 N–H and O–H groups in total. The summed E-state index contributed by atoms with van der Waals surface area (Å²) in [6, 6.07) is 56.9. The maximum absolute atomic E-state index is 6.59. The molecule has 0 aliphatic carbocycles. The summed E-state index contributed by atoms with van der Waals surface area (Å²) in [5, 5.41) is 4.75. The average molecular weight is 669 g/mol. The van der Waals surface area contributed by atoms with E-state index < -0.39 is 0 Å². The molecular formula is C47H32N4O. The first-order valence-electron chi connectivity index (χ1n) is 17.5. The van der Waals surface area contributed by atoms with Crippen LogP contribution in [0.1, 0.15) is 5.56 Å². The van der Waals surface area contributed by atoms with Crippen molar-refractivity contribution in [1.29, 1.82) is 0 Å². The van der Waals surface area contributed by atoms with E-state index in [-0.39, 0.29) is 0 Å². The number of ether oxygens (including phenoxy) is 1. The molecule has 4 heterocycles. The molecule has 5 heteroatoms. The predicted octanol–water partition coefficient (Wildman–Crippen LogP) is 12.1. The lowest BCUT2D eigenvalue weighted by molar-refractivity contribution is 0.483. The van der Waals surface area contributed by atoms with Crippen LogP contribution in [-0.4, -0.2) is 19.1 Å². The van der Waals surface area contributed by atoms with Gasteiger partial charge in [0.05, 0.1) is 27.8 Å². The van der Waals surface area contributed by atoms with Gasteiger partial charge in [-0.25, -0.2) is 4.98 Å². The van der Waals surface area contributed by atoms with Crippen LogP contribution >= 0.6 is 0 Å². The van der Waals surface area contributed by atoms with Crippen LogP contribution in [0.25, 0.3) is 77.5 Å². The van der Waals surface area contributed by atoms with E-state index in [0.717, 1.165) is 72.9 Å². The van der Waals surface area contributed by atoms with E-state index in [1.54, 1.807) is 0 Å². The Bertz CT molecular complexity index is 2930. The molecule has 52 heavy (non-hydrogen) atoms. The summed E-state index contributed by atoms with van der Waals surface area (Å²) >= 11 is 0. The third-order valence-electron chi connectivity index (χ3n) is 9.99. The molecule has 0 saturated heterocycles. The lowest BCUT2D eigenvalue weighted by Crippen LogP contribution is -1.99. The quantitative estimate of drug-likeness (QED) is 0.177. The Morgan fingerprint density at radius 2 is 1.17 bits per heavy atom. The molecule has 0 unspecified atom stereocenters. The third-order valence-corrected chi connectivity index (χ3v) is 9.99. The second-order valence-corrected chi connectivity index (χ2v) is 13.1. The lowest BCUT2D eigenvalue weighted by Gasteiger charge is -2.12. The summed E-state index contributed by atoms with van der Waals surface area (Å²) in [5.74, 6) is 2.35. The lowest BCUT2D eigenvalue weighted by atomic mass is 10.0. The first-order chi connectivity index (χ1) is 25.7. The number of aromatic nitrogens is 4. The van der Waals surface area contributed by atoms with Crippen molar-refractivity contribution in [2.45, 2.75) is 6.92 Å². The molecule has 0 aliphatic heterocycles. The standard InChI is InChI=1S/C47H32N4O/c1-31-27-45(49-30-39(31)32-13-4-2-5-14-32)51-43-25-24-42-46(37-19-8-9-21-41(37)50(42)34-16-6-3-7-17-34)47(43)38-23-22-36(29-44(38)51)52-35-18-12-15-33(28-35)40-20-10-11-26-48-40/h2-30H,1H3. The van der Waals surface area contributed by atoms with Crippen LogP contribution in [0.15, 0.2) is 176 Å². The van der Waals surface area contributed by atoms with Gasteiger partial charge < -0.3 is 9.30 Å². The molecule has 0 bridgehead atoms. The van der Waals surface area contributed by atoms with Crippen LogP contribution in [0.4, 0.5) is 0 Å². The van der Waals surface area contributed by atoms with Gasteiger partial charge >= 0.3 is 0 Å². The maximum atomic E-state index is 6.59. The van der Waals surface area contributed by atoms with Gasteiger partial charge in [0.15, 0.2) is 0 Å². The number of pyridine rings is 2. The van der Waals surface area contributed by atoms with Crippen molar-refractivity contribution in [2.75, 3.05) is 0 Å². The van der Waals surface area contributed by atoms with E-state index in [1.165, 1.54) is 21.7 Å². The van der Waals surface area contributed by atoms with Gasteiger partial charge in [-0.3, -0.25) is 9.55 Å². The Morgan fingerprint density at radius 1 is 0.481 bits per heavy atom. The van der Waals surface area contributed by atoms with E-state index in [2.05, 4.69) is 142 Å². The van der Waals surface area contributed by atoms with Gasteiger partial charge in [0.25, 0.3) is 0 Å². The summed E-state index contributed by atoms with van der Waals surface area (Å²) in [7, 11) is 0. The molecule has 246 valence electrons. The normalized spacial score (nSPS) is 11.6. The highest BCUT2D eigenvalue weighted by Crippen LogP contribution is 2.43. The number of fused-ring (bicyclic) bond motifs is 7. The molecule has 5 nitrogen and oxygen atoms in total. The van der Waals surface area contributed by atoms with E-state index in [0.29, 0.717) is 0 Å². The zero-order valence-electron chi connectivity index (χ0n) is 28.4. The number of benzene rings is 6. The fourth-order valence-corrected chi connectivity index (χ4v) is 7.68. The molecule has 0 atom stereocenters. The predicted molar refractivity (Wildman–Crippen MR) is 213 cm³/mol. The number of aryl methyl sites for hydroxylation is 1. The Balaban J connectivity index is 1.22. The van der Waals surface area contributed by atoms with E-state index >= 15 is 0 Å². The fourth-order valence-electron chi connectivity index (χ4n) is 7.68. The summed E-state index contributed by atoms with van der Waals surface area (Å²) in [4.78, 5) is 9.66. The molecule has 10 rings (SSSR count). The maximum Gasteiger partial charge on any atom is 0.137 e. The van der Waals surface area contributed by atoms with Crippen LogP contribution in [0, 0.1) is 6.92 Å². The van der Waals surface area contributed by atoms with Gasteiger partial charge in [-0.1, -0.05) is 84.9 Å². The molecule has 0 amide bonds. The summed E-state index contributed by atoms with van der Waals surface area (Å²) in [6.45, 7) is 2.16. The zero-order chi connectivity index (χ0) is 34.6. The van der Waals surface area contributed by atoms with Gasteiger partial charge in [0.2, 0.25) is 0 Å². The summed E-state index contributed by atoms with van der Waals surface area (Å²) in [6.07, 6.45) is 3.81. The average Bonchev–Trinajstić information content (AvgIpc) is 3.71. The van der Waals surface area contributed by atoms with Gasteiger partial charge in [-0.05, 0) is 90.8 Å². The fraction of sp³-hybridized carbons (Fsp3) is 0.0213. The number of nitrogens with zero attached hydrogens (tertiary/aromatic N) is 4. The minimum Gasteiger partial charge on any atom is -0.457 e. The molecule has 6 aromatic carbocycles. The topological polar surface area (TPSA) is 44.9 Å². The molecule has 4 aromatic heterocycles. The molecule has 0 saturated carbocycles. The molecule has 0 aliphatic rings. The van der Waals surface area contributed by atoms with Crippen molar-refractivity contribution in [3.63, 3.8) is 0 Å². The molecular weight excluding hydrogens is 637 g/mol. The first kappa shape index (κ1) is 29.9. The monoisotopic (exact) mass is 668 g/mol. The second kappa shape index (κ2) is 12.1. The Morgan fingerprint density at radius 3 is 1.96 bits per heavy atom. The minimum absolute atomic E-state index is 0.746. The van der Waals surface area contributed by atoms with Gasteiger partial charge in [-0.2, -0.15) is 0 Å². The van der Waals surface area contributed by atoms with Crippen molar-refractivity contribution in [3.05, 3.63) is 182 Å². The van der Waals surface area contributed by atoms with Gasteiger partial charge in [0, 0.05) is 56.8 Å². The van der Waals surface area contributed by atoms with Crippen LogP contribution in [0.5, 0.6) is 11.5 Å². The highest BCUT2D eigenvalue weighted by atomic mass is 16.5. The van der Waals surface area contributed by atoms with Crippen LogP contribution in [0.2, 0.25) is 0 Å². The molecule has 0 fully saturated rings. The van der Waals surface area contributed by atoms with Crippen LogP contribution in [-0.2, 0) is 0 Å². The summed E-state index contributed by atoms with van der Waals surface area (Å²) in [5.41, 5.74) is 10.9. The Hall–Kier alpha value is -6.98. The largest absolute Gasteiger partial charge is 0.457 e. The minimum atomic E-state index is 0.746. The van der Waals surface area contributed by atoms with Gasteiger partial charge in [-0.15, -0.1) is 0 Å². The number of hydrogen-bond donors (Lipinski definition) is 0. The first-order valence-corrected chi connectivity index (χ1v) is 17.5. The molecule has 0 radical (unpaired) electrons. The number of rotatable bonds is 6. The molecule has 0 spiro atoms. The number of para-hydroxylation sites is 2. The zero-order valence-corrected chi connectivity index (χ0v) is 28.4. The van der Waals surface area contributed by atoms with E-state index in [4.69, 9.17) is 9.72 Å². The smallest absolute Gasteiger partial charge is 0.137 e. The van der Waals surface area contributed by atoms with Crippen molar-refractivity contribution in [3.8, 4) is 45.4 Å². The van der Waals surface area contributed by atoms with E-state index in [1.807, 2.05) is 54.9 Å². The Labute approximate surface area is 300 Å². The van der Waals surface area contributed by atoms with Crippen LogP contribution in [0.3, 0.4) is 0 Å². The van der Waals surface area contributed by atoms with Crippen molar-refractivity contribution in [1.82, 2.24) is 19.1 Å². The van der Waals surface area contributed by atoms with E-state index in [9.17, 15) is 0 Å². The SMILES string of the molecule is Cc1cc(-n2c3cc(Oc4cccc(-c5ccccn5)c4)ccc3c3c4c5ccccc5n(-c5ccccc5)c4ccc32)ncc1-c1ccccc1. The van der Waals surface area contributed by atoms with Crippen LogP contribution < -0.4 is 4.74 Å². The highest BCUT2D eigenvalue weighted by molar-refractivity contribution is 6.29. The van der Waals surface area contributed by atoms with Crippen molar-refractivity contribution in [2.24, 2.45) is 0 Å². The van der Waals surface area contributed by atoms with Crippen molar-refractivity contribution < 1.29 is 4.74 Å². The third kappa shape index (κ3) is 4.86. The number of hydrogen-bond acceptors (Lipinski definition) is 3. The van der Waals surface area contributed by atoms with Crippen molar-refractivity contribution >= 4 is 43.6 Å². The summed E-state index contributed by atoms with van der Waals surface area (Å²) < 4.78 is 11.3. The molecule has 10 aromatic rings.